The lowest BCUT2D eigenvalue weighted by Gasteiger charge is -2.32. The molecule has 0 amide bonds. The van der Waals surface area contributed by atoms with Gasteiger partial charge >= 0.3 is 0 Å². The molecule has 1 heterocycles. The predicted octanol–water partition coefficient (Wildman–Crippen LogP) is 2.64. The fourth-order valence-corrected chi connectivity index (χ4v) is 2.33. The Morgan fingerprint density at radius 2 is 2.06 bits per heavy atom. The summed E-state index contributed by atoms with van der Waals surface area (Å²) < 4.78 is 0. The second-order valence-electron chi connectivity index (χ2n) is 4.51. The Balaban J connectivity index is 2.09. The molecule has 1 aromatic rings. The van der Waals surface area contributed by atoms with E-state index in [4.69, 9.17) is 0 Å². The lowest BCUT2D eigenvalue weighted by Crippen LogP contribution is -2.38. The van der Waals surface area contributed by atoms with Crippen LogP contribution in [0.4, 0.5) is 5.69 Å². The fourth-order valence-electron chi connectivity index (χ4n) is 2.15. The van der Waals surface area contributed by atoms with E-state index in [0.29, 0.717) is 0 Å². The van der Waals surface area contributed by atoms with Crippen LogP contribution in [0.1, 0.15) is 30.6 Å². The molecule has 88 valence electrons. The Morgan fingerprint density at radius 1 is 1.38 bits per heavy atom. The van der Waals surface area contributed by atoms with Crippen LogP contribution in [0.25, 0.3) is 0 Å². The van der Waals surface area contributed by atoms with Crippen molar-refractivity contribution < 1.29 is 5.11 Å². The number of nitrogens with zero attached hydrogens (tertiary/aromatic N) is 1. The van der Waals surface area contributed by atoms with Gasteiger partial charge in [0.05, 0.1) is 6.10 Å². The predicted molar refractivity (Wildman–Crippen MR) is 71.3 cm³/mol. The van der Waals surface area contributed by atoms with Gasteiger partial charge in [-0.25, -0.2) is 0 Å². The monoisotopic (exact) mass is 237 g/mol. The number of rotatable bonds is 2. The van der Waals surface area contributed by atoms with E-state index in [1.54, 1.807) is 0 Å². The molecule has 0 bridgehead atoms. The number of hydrogen-bond acceptors (Lipinski definition) is 3. The Kier molecular flexibility index (Phi) is 3.77. The molecule has 0 radical (unpaired) electrons. The molecule has 0 aliphatic carbocycles. The third kappa shape index (κ3) is 2.71. The number of anilines is 1. The van der Waals surface area contributed by atoms with Gasteiger partial charge in [-0.2, -0.15) is 12.6 Å². The highest BCUT2D eigenvalue weighted by Gasteiger charge is 2.17. The zero-order valence-corrected chi connectivity index (χ0v) is 10.5. The van der Waals surface area contributed by atoms with E-state index < -0.39 is 0 Å². The summed E-state index contributed by atoms with van der Waals surface area (Å²) >= 11 is 4.41. The second-order valence-corrected chi connectivity index (χ2v) is 5.28. The minimum Gasteiger partial charge on any atom is -0.391 e. The van der Waals surface area contributed by atoms with Gasteiger partial charge in [0.15, 0.2) is 0 Å². The molecule has 2 atom stereocenters. The molecule has 2 unspecified atom stereocenters. The van der Waals surface area contributed by atoms with Crippen molar-refractivity contribution in [2.75, 3.05) is 18.0 Å². The molecule has 1 fully saturated rings. The largest absolute Gasteiger partial charge is 0.391 e. The van der Waals surface area contributed by atoms with Gasteiger partial charge in [0.2, 0.25) is 0 Å². The van der Waals surface area contributed by atoms with Crippen molar-refractivity contribution in [1.29, 1.82) is 0 Å². The highest BCUT2D eigenvalue weighted by Crippen LogP contribution is 2.24. The molecular formula is C13H19NOS. The molecule has 0 saturated carbocycles. The molecule has 16 heavy (non-hydrogen) atoms. The highest BCUT2D eigenvalue weighted by atomic mass is 32.1. The standard InChI is InChI=1S/C13H19NOS/c1-10(16)11-4-6-12(7-5-11)14-8-2-3-13(15)9-14/h4-7,10,13,15-16H,2-3,8-9H2,1H3. The van der Waals surface area contributed by atoms with Crippen LogP contribution < -0.4 is 4.90 Å². The molecule has 1 aliphatic rings. The SMILES string of the molecule is CC(S)c1ccc(N2CCCC(O)C2)cc1. The Hall–Kier alpha value is -0.670. The maximum absolute atomic E-state index is 9.63. The minimum absolute atomic E-state index is 0.169. The van der Waals surface area contributed by atoms with E-state index in [1.807, 2.05) is 0 Å². The lowest BCUT2D eigenvalue weighted by atomic mass is 10.1. The van der Waals surface area contributed by atoms with Crippen molar-refractivity contribution in [3.05, 3.63) is 29.8 Å². The van der Waals surface area contributed by atoms with Crippen LogP contribution in [0.3, 0.4) is 0 Å². The highest BCUT2D eigenvalue weighted by molar-refractivity contribution is 7.80. The van der Waals surface area contributed by atoms with Crippen LogP contribution in [0.15, 0.2) is 24.3 Å². The molecule has 0 spiro atoms. The summed E-state index contributed by atoms with van der Waals surface area (Å²) in [5.41, 5.74) is 2.45. The topological polar surface area (TPSA) is 23.5 Å². The molecular weight excluding hydrogens is 218 g/mol. The summed E-state index contributed by atoms with van der Waals surface area (Å²) in [6, 6.07) is 8.49. The quantitative estimate of drug-likeness (QED) is 0.773. The average molecular weight is 237 g/mol. The minimum atomic E-state index is -0.169. The van der Waals surface area contributed by atoms with Crippen molar-refractivity contribution in [2.24, 2.45) is 0 Å². The number of hydrogen-bond donors (Lipinski definition) is 2. The van der Waals surface area contributed by atoms with E-state index in [2.05, 4.69) is 48.7 Å². The first-order valence-corrected chi connectivity index (χ1v) is 6.39. The molecule has 1 N–H and O–H groups in total. The smallest absolute Gasteiger partial charge is 0.0715 e. The van der Waals surface area contributed by atoms with Crippen LogP contribution in [-0.4, -0.2) is 24.3 Å². The summed E-state index contributed by atoms with van der Waals surface area (Å²) in [5, 5.41) is 9.91. The van der Waals surface area contributed by atoms with Crippen molar-refractivity contribution >= 4 is 18.3 Å². The summed E-state index contributed by atoms with van der Waals surface area (Å²) in [6.07, 6.45) is 1.84. The number of thiol groups is 1. The van der Waals surface area contributed by atoms with Gasteiger partial charge in [0.1, 0.15) is 0 Å². The van der Waals surface area contributed by atoms with Crippen LogP contribution >= 0.6 is 12.6 Å². The first-order chi connectivity index (χ1) is 7.66. The van der Waals surface area contributed by atoms with Gasteiger partial charge in [-0.1, -0.05) is 12.1 Å². The Morgan fingerprint density at radius 3 is 2.62 bits per heavy atom. The van der Waals surface area contributed by atoms with E-state index in [-0.39, 0.29) is 11.4 Å². The summed E-state index contributed by atoms with van der Waals surface area (Å²) in [5.74, 6) is 0. The van der Waals surface area contributed by atoms with Crippen molar-refractivity contribution in [3.8, 4) is 0 Å². The number of piperidine rings is 1. The zero-order chi connectivity index (χ0) is 11.5. The number of β-amino-alcohol motifs (C(OH)–C–C–N with tert-alkyl or cyclic N) is 1. The van der Waals surface area contributed by atoms with Crippen molar-refractivity contribution in [3.63, 3.8) is 0 Å². The van der Waals surface area contributed by atoms with Gasteiger partial charge in [0.25, 0.3) is 0 Å². The van der Waals surface area contributed by atoms with Crippen molar-refractivity contribution in [2.45, 2.75) is 31.1 Å². The molecule has 1 saturated heterocycles. The summed E-state index contributed by atoms with van der Waals surface area (Å²) in [7, 11) is 0. The first kappa shape index (κ1) is 11.8. The number of aliphatic hydroxyl groups is 1. The Labute approximate surface area is 103 Å². The number of benzene rings is 1. The molecule has 3 heteroatoms. The normalized spacial score (nSPS) is 23.2. The average Bonchev–Trinajstić information content (AvgIpc) is 2.29. The van der Waals surface area contributed by atoms with Crippen LogP contribution in [-0.2, 0) is 0 Å². The third-order valence-electron chi connectivity index (χ3n) is 3.14. The van der Waals surface area contributed by atoms with E-state index >= 15 is 0 Å². The molecule has 2 nitrogen and oxygen atoms in total. The Bertz CT molecular complexity index is 336. The van der Waals surface area contributed by atoms with E-state index in [1.165, 1.54) is 11.3 Å². The summed E-state index contributed by atoms with van der Waals surface area (Å²) in [4.78, 5) is 2.25. The molecule has 1 aliphatic heterocycles. The maximum atomic E-state index is 9.63. The van der Waals surface area contributed by atoms with Gasteiger partial charge < -0.3 is 10.0 Å². The van der Waals surface area contributed by atoms with E-state index in [0.717, 1.165) is 25.9 Å². The molecule has 1 aromatic carbocycles. The van der Waals surface area contributed by atoms with Crippen LogP contribution in [0.5, 0.6) is 0 Å². The first-order valence-electron chi connectivity index (χ1n) is 5.88. The van der Waals surface area contributed by atoms with E-state index in [9.17, 15) is 5.11 Å². The fraction of sp³-hybridized carbons (Fsp3) is 0.538. The van der Waals surface area contributed by atoms with Gasteiger partial charge in [-0.3, -0.25) is 0 Å². The van der Waals surface area contributed by atoms with Gasteiger partial charge in [0, 0.05) is 24.0 Å². The maximum Gasteiger partial charge on any atom is 0.0715 e. The lowest BCUT2D eigenvalue weighted by molar-refractivity contribution is 0.154. The number of aliphatic hydroxyl groups excluding tert-OH is 1. The molecule has 0 aromatic heterocycles. The summed E-state index contributed by atoms with van der Waals surface area (Å²) in [6.45, 7) is 3.88. The van der Waals surface area contributed by atoms with Crippen LogP contribution in [0, 0.1) is 0 Å². The van der Waals surface area contributed by atoms with Gasteiger partial charge in [-0.05, 0) is 37.5 Å². The second kappa shape index (κ2) is 5.11. The molecule has 2 rings (SSSR count). The van der Waals surface area contributed by atoms with Gasteiger partial charge in [-0.15, -0.1) is 0 Å². The zero-order valence-electron chi connectivity index (χ0n) is 9.63. The van der Waals surface area contributed by atoms with Crippen molar-refractivity contribution in [1.82, 2.24) is 0 Å². The van der Waals surface area contributed by atoms with Crippen LogP contribution in [0.2, 0.25) is 0 Å². The third-order valence-corrected chi connectivity index (χ3v) is 3.44.